The molecule has 0 spiro atoms. The second-order valence-electron chi connectivity index (χ2n) is 6.12. The average molecular weight is 308 g/mol. The van der Waals surface area contributed by atoms with Crippen molar-refractivity contribution in [1.29, 1.82) is 0 Å². The molecule has 1 aliphatic heterocycles. The molecule has 0 radical (unpaired) electrons. The Balaban J connectivity index is 1.70. The zero-order chi connectivity index (χ0) is 15.6. The highest BCUT2D eigenvalue weighted by molar-refractivity contribution is 5.71. The molecule has 3 heterocycles. The van der Waals surface area contributed by atoms with Gasteiger partial charge < -0.3 is 15.0 Å². The number of hydrogen-bond acceptors (Lipinski definition) is 4. The molecule has 0 saturated carbocycles. The van der Waals surface area contributed by atoms with Gasteiger partial charge in [-0.1, -0.05) is 12.1 Å². The Morgan fingerprint density at radius 3 is 2.87 bits per heavy atom. The molecule has 5 heteroatoms. The van der Waals surface area contributed by atoms with Crippen molar-refractivity contribution >= 4 is 11.2 Å². The molecule has 1 aromatic carbocycles. The van der Waals surface area contributed by atoms with Gasteiger partial charge in [-0.25, -0.2) is 9.97 Å². The molecule has 4 rings (SSSR count). The first-order valence-corrected chi connectivity index (χ1v) is 8.11. The minimum atomic E-state index is 0.291. The van der Waals surface area contributed by atoms with E-state index in [0.29, 0.717) is 11.8 Å². The van der Waals surface area contributed by atoms with Crippen molar-refractivity contribution in [1.82, 2.24) is 19.9 Å². The lowest BCUT2D eigenvalue weighted by atomic mass is 10.1. The molecule has 5 nitrogen and oxygen atoms in total. The smallest absolute Gasteiger partial charge is 0.160 e. The molecule has 0 bridgehead atoms. The summed E-state index contributed by atoms with van der Waals surface area (Å²) in [5, 5.41) is 13.0. The number of pyridine rings is 1. The Labute approximate surface area is 135 Å². The second kappa shape index (κ2) is 6.01. The van der Waals surface area contributed by atoms with E-state index < -0.39 is 0 Å². The third kappa shape index (κ3) is 2.92. The van der Waals surface area contributed by atoms with E-state index in [0.717, 1.165) is 42.1 Å². The first kappa shape index (κ1) is 14.2. The summed E-state index contributed by atoms with van der Waals surface area (Å²) in [4.78, 5) is 9.31. The van der Waals surface area contributed by atoms with Crippen LogP contribution >= 0.6 is 0 Å². The van der Waals surface area contributed by atoms with Gasteiger partial charge in [0.25, 0.3) is 0 Å². The SMILES string of the molecule is Oc1ccc(Cc2nc3cccnc3n2CC2CCCN2)cc1. The van der Waals surface area contributed by atoms with Gasteiger partial charge >= 0.3 is 0 Å². The van der Waals surface area contributed by atoms with Crippen LogP contribution in [0.15, 0.2) is 42.6 Å². The van der Waals surface area contributed by atoms with Gasteiger partial charge in [0.1, 0.15) is 17.1 Å². The quantitative estimate of drug-likeness (QED) is 0.777. The number of phenolic OH excluding ortho intramolecular Hbond substituents is 1. The number of aromatic hydroxyl groups is 1. The van der Waals surface area contributed by atoms with E-state index >= 15 is 0 Å². The number of aromatic nitrogens is 3. The standard InChI is InChI=1S/C18H20N4O/c23-15-7-5-13(6-8-15)11-17-21-16-4-2-10-20-18(16)22(17)12-14-3-1-9-19-14/h2,4-8,10,14,19,23H,1,3,9,11-12H2. The monoisotopic (exact) mass is 308 g/mol. The summed E-state index contributed by atoms with van der Waals surface area (Å²) >= 11 is 0. The van der Waals surface area contributed by atoms with Crippen molar-refractivity contribution < 1.29 is 5.11 Å². The Bertz CT molecular complexity index is 804. The lowest BCUT2D eigenvalue weighted by molar-refractivity contribution is 0.475. The van der Waals surface area contributed by atoms with E-state index in [9.17, 15) is 5.11 Å². The topological polar surface area (TPSA) is 63.0 Å². The Morgan fingerprint density at radius 2 is 2.09 bits per heavy atom. The van der Waals surface area contributed by atoms with Crippen LogP contribution < -0.4 is 5.32 Å². The molecule has 2 aromatic heterocycles. The molecular formula is C18H20N4O. The first-order valence-electron chi connectivity index (χ1n) is 8.11. The second-order valence-corrected chi connectivity index (χ2v) is 6.12. The molecule has 23 heavy (non-hydrogen) atoms. The van der Waals surface area contributed by atoms with Crippen LogP contribution in [0.1, 0.15) is 24.2 Å². The van der Waals surface area contributed by atoms with Crippen molar-refractivity contribution in [2.45, 2.75) is 31.8 Å². The minimum absolute atomic E-state index is 0.291. The molecule has 0 amide bonds. The zero-order valence-electron chi connectivity index (χ0n) is 12.9. The van der Waals surface area contributed by atoms with Crippen molar-refractivity contribution in [3.05, 3.63) is 54.0 Å². The molecule has 1 atom stereocenters. The number of nitrogens with one attached hydrogen (secondary N) is 1. The molecule has 1 aliphatic rings. The molecule has 1 fully saturated rings. The summed E-state index contributed by atoms with van der Waals surface area (Å²) in [6.07, 6.45) is 5.00. The summed E-state index contributed by atoms with van der Waals surface area (Å²) in [6, 6.07) is 11.8. The number of benzene rings is 1. The molecule has 2 N–H and O–H groups in total. The first-order chi connectivity index (χ1) is 11.3. The fourth-order valence-electron chi connectivity index (χ4n) is 3.26. The number of phenols is 1. The third-order valence-corrected chi connectivity index (χ3v) is 4.45. The normalized spacial score (nSPS) is 17.8. The number of rotatable bonds is 4. The third-order valence-electron chi connectivity index (χ3n) is 4.45. The largest absolute Gasteiger partial charge is 0.508 e. The molecule has 118 valence electrons. The maximum Gasteiger partial charge on any atom is 0.160 e. The van der Waals surface area contributed by atoms with Crippen molar-refractivity contribution in [2.75, 3.05) is 6.54 Å². The van der Waals surface area contributed by atoms with Crippen LogP contribution in [0, 0.1) is 0 Å². The summed E-state index contributed by atoms with van der Waals surface area (Å²) in [5.74, 6) is 1.32. The van der Waals surface area contributed by atoms with Crippen LogP contribution in [0.3, 0.4) is 0 Å². The van der Waals surface area contributed by atoms with Gasteiger partial charge in [-0.3, -0.25) is 0 Å². The fourth-order valence-corrected chi connectivity index (χ4v) is 3.26. The van der Waals surface area contributed by atoms with E-state index in [1.165, 1.54) is 12.8 Å². The zero-order valence-corrected chi connectivity index (χ0v) is 12.9. The molecule has 3 aromatic rings. The number of imidazole rings is 1. The van der Waals surface area contributed by atoms with Gasteiger partial charge in [-0.2, -0.15) is 0 Å². The number of fused-ring (bicyclic) bond motifs is 1. The van der Waals surface area contributed by atoms with Gasteiger partial charge in [-0.05, 0) is 49.2 Å². The van der Waals surface area contributed by atoms with Crippen molar-refractivity contribution in [3.63, 3.8) is 0 Å². The van der Waals surface area contributed by atoms with Crippen LogP contribution in [0.5, 0.6) is 5.75 Å². The predicted octanol–water partition coefficient (Wildman–Crippen LogP) is 2.48. The van der Waals surface area contributed by atoms with Crippen LogP contribution in [0.4, 0.5) is 0 Å². The van der Waals surface area contributed by atoms with E-state index in [4.69, 9.17) is 4.98 Å². The molecule has 1 saturated heterocycles. The highest BCUT2D eigenvalue weighted by Crippen LogP contribution is 2.20. The molecule has 1 unspecified atom stereocenters. The van der Waals surface area contributed by atoms with Gasteiger partial charge in [0.05, 0.1) is 0 Å². The van der Waals surface area contributed by atoms with E-state index in [2.05, 4.69) is 14.9 Å². The van der Waals surface area contributed by atoms with Crippen LogP contribution in [-0.4, -0.2) is 32.2 Å². The van der Waals surface area contributed by atoms with Crippen LogP contribution in [-0.2, 0) is 13.0 Å². The van der Waals surface area contributed by atoms with Gasteiger partial charge in [0.2, 0.25) is 0 Å². The van der Waals surface area contributed by atoms with Gasteiger partial charge in [0.15, 0.2) is 5.65 Å². The predicted molar refractivity (Wildman–Crippen MR) is 89.5 cm³/mol. The van der Waals surface area contributed by atoms with E-state index in [-0.39, 0.29) is 0 Å². The maximum absolute atomic E-state index is 9.44. The lowest BCUT2D eigenvalue weighted by Gasteiger charge is -2.14. The van der Waals surface area contributed by atoms with E-state index in [1.807, 2.05) is 30.5 Å². The lowest BCUT2D eigenvalue weighted by Crippen LogP contribution is -2.27. The molecular weight excluding hydrogens is 288 g/mol. The van der Waals surface area contributed by atoms with E-state index in [1.54, 1.807) is 12.1 Å². The Kier molecular flexibility index (Phi) is 3.71. The Hall–Kier alpha value is -2.40. The summed E-state index contributed by atoms with van der Waals surface area (Å²) in [6.45, 7) is 2.00. The summed E-state index contributed by atoms with van der Waals surface area (Å²) < 4.78 is 2.24. The fraction of sp³-hybridized carbons (Fsp3) is 0.333. The summed E-state index contributed by atoms with van der Waals surface area (Å²) in [7, 11) is 0. The number of nitrogens with zero attached hydrogens (tertiary/aromatic N) is 3. The molecule has 0 aliphatic carbocycles. The Morgan fingerprint density at radius 1 is 1.22 bits per heavy atom. The van der Waals surface area contributed by atoms with Gasteiger partial charge in [-0.15, -0.1) is 0 Å². The highest BCUT2D eigenvalue weighted by atomic mass is 16.3. The van der Waals surface area contributed by atoms with Crippen LogP contribution in [0.25, 0.3) is 11.2 Å². The van der Waals surface area contributed by atoms with Gasteiger partial charge in [0, 0.05) is 25.2 Å². The maximum atomic E-state index is 9.44. The van der Waals surface area contributed by atoms with Crippen molar-refractivity contribution in [3.8, 4) is 5.75 Å². The summed E-state index contributed by atoms with van der Waals surface area (Å²) in [5.41, 5.74) is 3.04. The average Bonchev–Trinajstić information content (AvgIpc) is 3.19. The minimum Gasteiger partial charge on any atom is -0.508 e. The number of hydrogen-bond donors (Lipinski definition) is 2. The highest BCUT2D eigenvalue weighted by Gasteiger charge is 2.19. The van der Waals surface area contributed by atoms with Crippen LogP contribution in [0.2, 0.25) is 0 Å². The van der Waals surface area contributed by atoms with Crippen molar-refractivity contribution in [2.24, 2.45) is 0 Å².